The van der Waals surface area contributed by atoms with Gasteiger partial charge in [0, 0.05) is 11.4 Å². The van der Waals surface area contributed by atoms with Crippen LogP contribution < -0.4 is 5.32 Å². The minimum absolute atomic E-state index is 0.154. The van der Waals surface area contributed by atoms with Crippen LogP contribution in [0.3, 0.4) is 0 Å². The Morgan fingerprint density at radius 2 is 2.13 bits per heavy atom. The van der Waals surface area contributed by atoms with Crippen LogP contribution in [0.1, 0.15) is 21.5 Å². The third-order valence-corrected chi connectivity index (χ3v) is 4.87. The number of thioether (sulfide) groups is 1. The highest BCUT2D eigenvalue weighted by molar-refractivity contribution is 7.99. The van der Waals surface area contributed by atoms with Gasteiger partial charge in [-0.05, 0) is 31.5 Å². The van der Waals surface area contributed by atoms with Crippen molar-refractivity contribution >= 4 is 29.3 Å². The summed E-state index contributed by atoms with van der Waals surface area (Å²) in [6.45, 7) is 3.97. The molecule has 5 nitrogen and oxygen atoms in total. The average Bonchev–Trinajstić information content (AvgIpc) is 3.20. The van der Waals surface area contributed by atoms with Gasteiger partial charge in [-0.25, -0.2) is 0 Å². The van der Waals surface area contributed by atoms with Gasteiger partial charge < -0.3 is 14.6 Å². The molecule has 1 aromatic heterocycles. The third kappa shape index (κ3) is 3.27. The monoisotopic (exact) mass is 330 g/mol. The summed E-state index contributed by atoms with van der Waals surface area (Å²) in [7, 11) is 0. The number of amides is 2. The molecule has 0 saturated carbocycles. The predicted molar refractivity (Wildman–Crippen MR) is 90.5 cm³/mol. The fraction of sp³-hybridized carbons (Fsp3) is 0.294. The lowest BCUT2D eigenvalue weighted by Crippen LogP contribution is -2.44. The molecule has 0 spiro atoms. The van der Waals surface area contributed by atoms with Crippen molar-refractivity contribution in [2.24, 2.45) is 0 Å². The van der Waals surface area contributed by atoms with Crippen molar-refractivity contribution in [1.29, 1.82) is 0 Å². The van der Waals surface area contributed by atoms with E-state index in [1.807, 2.05) is 32.0 Å². The summed E-state index contributed by atoms with van der Waals surface area (Å²) < 4.78 is 4.96. The molecule has 1 atom stereocenters. The van der Waals surface area contributed by atoms with Crippen LogP contribution in [0, 0.1) is 13.8 Å². The van der Waals surface area contributed by atoms with Gasteiger partial charge in [0.1, 0.15) is 12.3 Å². The Morgan fingerprint density at radius 1 is 1.30 bits per heavy atom. The fourth-order valence-corrected chi connectivity index (χ4v) is 3.74. The van der Waals surface area contributed by atoms with Crippen LogP contribution in [-0.4, -0.2) is 34.4 Å². The standard InChI is InChI=1S/C17H18N2O3S/c1-11-3-4-14(12(2)7-11)18-16(20)15-9-23-10-19(15)17(21)13-5-6-22-8-13/h3-8,15H,9-10H2,1-2H3,(H,18,20)/t15-/m0/s1. The molecule has 3 rings (SSSR count). The minimum Gasteiger partial charge on any atom is -0.472 e. The van der Waals surface area contributed by atoms with Gasteiger partial charge in [-0.3, -0.25) is 9.59 Å². The number of carbonyl (C=O) groups is 2. The second-order valence-corrected chi connectivity index (χ2v) is 6.61. The zero-order chi connectivity index (χ0) is 16.4. The molecule has 1 fully saturated rings. The maximum atomic E-state index is 12.6. The lowest BCUT2D eigenvalue weighted by molar-refractivity contribution is -0.119. The van der Waals surface area contributed by atoms with Crippen molar-refractivity contribution in [1.82, 2.24) is 4.90 Å². The predicted octanol–water partition coefficient (Wildman–Crippen LogP) is 3.05. The molecular weight excluding hydrogens is 312 g/mol. The number of nitrogens with zero attached hydrogens (tertiary/aromatic N) is 1. The summed E-state index contributed by atoms with van der Waals surface area (Å²) in [6, 6.07) is 7.02. The average molecular weight is 330 g/mol. The van der Waals surface area contributed by atoms with E-state index < -0.39 is 6.04 Å². The Balaban J connectivity index is 1.74. The topological polar surface area (TPSA) is 62.6 Å². The van der Waals surface area contributed by atoms with Crippen LogP contribution >= 0.6 is 11.8 Å². The van der Waals surface area contributed by atoms with Crippen LogP contribution in [0.4, 0.5) is 5.69 Å². The van der Waals surface area contributed by atoms with Gasteiger partial charge >= 0.3 is 0 Å². The lowest BCUT2D eigenvalue weighted by atomic mass is 10.1. The second-order valence-electron chi connectivity index (χ2n) is 5.61. The first-order valence-corrected chi connectivity index (χ1v) is 8.51. The molecule has 1 aliphatic heterocycles. The van der Waals surface area contributed by atoms with E-state index in [0.29, 0.717) is 17.2 Å². The van der Waals surface area contributed by atoms with E-state index in [1.165, 1.54) is 12.5 Å². The second kappa shape index (κ2) is 6.50. The molecule has 6 heteroatoms. The molecular formula is C17H18N2O3S. The first-order valence-electron chi connectivity index (χ1n) is 7.35. The summed E-state index contributed by atoms with van der Waals surface area (Å²) >= 11 is 1.58. The van der Waals surface area contributed by atoms with Crippen LogP contribution in [0.2, 0.25) is 0 Å². The third-order valence-electron chi connectivity index (χ3n) is 3.85. The van der Waals surface area contributed by atoms with Crippen molar-refractivity contribution in [3.63, 3.8) is 0 Å². The lowest BCUT2D eigenvalue weighted by Gasteiger charge is -2.23. The molecule has 1 saturated heterocycles. The minimum atomic E-state index is -0.469. The highest BCUT2D eigenvalue weighted by Crippen LogP contribution is 2.25. The summed E-state index contributed by atoms with van der Waals surface area (Å²) in [5.41, 5.74) is 3.41. The van der Waals surface area contributed by atoms with E-state index in [2.05, 4.69) is 5.32 Å². The Morgan fingerprint density at radius 3 is 2.83 bits per heavy atom. The van der Waals surface area contributed by atoms with Gasteiger partial charge in [0.15, 0.2) is 0 Å². The molecule has 2 aromatic rings. The van der Waals surface area contributed by atoms with Gasteiger partial charge in [0.05, 0.1) is 17.7 Å². The van der Waals surface area contributed by atoms with E-state index in [4.69, 9.17) is 4.42 Å². The first kappa shape index (κ1) is 15.7. The number of furan rings is 1. The first-order chi connectivity index (χ1) is 11.1. The maximum absolute atomic E-state index is 12.6. The van der Waals surface area contributed by atoms with Crippen LogP contribution in [0.15, 0.2) is 41.2 Å². The Bertz CT molecular complexity index is 727. The zero-order valence-electron chi connectivity index (χ0n) is 13.0. The van der Waals surface area contributed by atoms with Gasteiger partial charge in [-0.15, -0.1) is 11.8 Å². The van der Waals surface area contributed by atoms with Crippen LogP contribution in [0.25, 0.3) is 0 Å². The van der Waals surface area contributed by atoms with E-state index >= 15 is 0 Å². The Labute approximate surface area is 139 Å². The number of nitrogens with one attached hydrogen (secondary N) is 1. The summed E-state index contributed by atoms with van der Waals surface area (Å²) in [6.07, 6.45) is 2.87. The molecule has 0 aliphatic carbocycles. The number of aryl methyl sites for hydroxylation is 2. The number of hydrogen-bond acceptors (Lipinski definition) is 4. The molecule has 0 bridgehead atoms. The largest absolute Gasteiger partial charge is 0.472 e. The summed E-state index contributed by atoms with van der Waals surface area (Å²) in [5, 5.41) is 2.94. The van der Waals surface area contributed by atoms with Crippen molar-refractivity contribution in [3.8, 4) is 0 Å². The fourth-order valence-electron chi connectivity index (χ4n) is 2.58. The number of anilines is 1. The van der Waals surface area contributed by atoms with Gasteiger partial charge in [0.25, 0.3) is 5.91 Å². The van der Waals surface area contributed by atoms with E-state index in [0.717, 1.165) is 16.8 Å². The highest BCUT2D eigenvalue weighted by atomic mass is 32.2. The van der Waals surface area contributed by atoms with E-state index in [-0.39, 0.29) is 11.8 Å². The van der Waals surface area contributed by atoms with Crippen molar-refractivity contribution in [2.75, 3.05) is 16.9 Å². The molecule has 0 unspecified atom stereocenters. The zero-order valence-corrected chi connectivity index (χ0v) is 13.9. The van der Waals surface area contributed by atoms with E-state index in [1.54, 1.807) is 22.7 Å². The van der Waals surface area contributed by atoms with Crippen molar-refractivity contribution in [2.45, 2.75) is 19.9 Å². The molecule has 23 heavy (non-hydrogen) atoms. The number of benzene rings is 1. The summed E-state index contributed by atoms with van der Waals surface area (Å²) in [5.74, 6) is 0.776. The maximum Gasteiger partial charge on any atom is 0.258 e. The molecule has 120 valence electrons. The van der Waals surface area contributed by atoms with Gasteiger partial charge in [-0.2, -0.15) is 0 Å². The van der Waals surface area contributed by atoms with Crippen LogP contribution in [0.5, 0.6) is 0 Å². The van der Waals surface area contributed by atoms with Crippen LogP contribution in [-0.2, 0) is 4.79 Å². The number of carbonyl (C=O) groups excluding carboxylic acids is 2. The Hall–Kier alpha value is -2.21. The van der Waals surface area contributed by atoms with Gasteiger partial charge in [-0.1, -0.05) is 17.7 Å². The van der Waals surface area contributed by atoms with E-state index in [9.17, 15) is 9.59 Å². The molecule has 1 aliphatic rings. The van der Waals surface area contributed by atoms with Crippen molar-refractivity contribution in [3.05, 3.63) is 53.5 Å². The van der Waals surface area contributed by atoms with Crippen molar-refractivity contribution < 1.29 is 14.0 Å². The highest BCUT2D eigenvalue weighted by Gasteiger charge is 2.35. The number of rotatable bonds is 3. The molecule has 0 radical (unpaired) electrons. The molecule has 1 N–H and O–H groups in total. The summed E-state index contributed by atoms with van der Waals surface area (Å²) in [4.78, 5) is 26.6. The Kier molecular flexibility index (Phi) is 4.43. The molecule has 2 amide bonds. The van der Waals surface area contributed by atoms with Gasteiger partial charge in [0.2, 0.25) is 5.91 Å². The quantitative estimate of drug-likeness (QED) is 0.939. The number of hydrogen-bond donors (Lipinski definition) is 1. The normalized spacial score (nSPS) is 17.3. The molecule has 2 heterocycles. The smallest absolute Gasteiger partial charge is 0.258 e. The molecule has 1 aromatic carbocycles. The SMILES string of the molecule is Cc1ccc(NC(=O)[C@@H]2CSCN2C(=O)c2ccoc2)c(C)c1.